The van der Waals surface area contributed by atoms with E-state index >= 15 is 0 Å². The molecular weight excluding hydrogens is 239 g/mol. The Balaban J connectivity index is 2.74. The van der Waals surface area contributed by atoms with Crippen LogP contribution in [0, 0.1) is 5.82 Å². The highest BCUT2D eigenvalue weighted by atomic mass is 19.1. The maximum absolute atomic E-state index is 13.5. The molecule has 0 aliphatic rings. The Morgan fingerprint density at radius 2 is 2.11 bits per heavy atom. The minimum atomic E-state index is -1.22. The predicted molar refractivity (Wildman–Crippen MR) is 65.3 cm³/mol. The van der Waals surface area contributed by atoms with E-state index in [9.17, 15) is 14.0 Å². The molecule has 0 saturated heterocycles. The van der Waals surface area contributed by atoms with Gasteiger partial charge in [-0.15, -0.1) is 0 Å². The molecule has 2 amide bonds. The number of urea groups is 1. The lowest BCUT2D eigenvalue weighted by molar-refractivity contribution is 0.0696. The van der Waals surface area contributed by atoms with Gasteiger partial charge in [0.15, 0.2) is 0 Å². The van der Waals surface area contributed by atoms with Gasteiger partial charge < -0.3 is 15.7 Å². The van der Waals surface area contributed by atoms with Crippen LogP contribution in [-0.4, -0.2) is 23.1 Å². The van der Waals surface area contributed by atoms with Gasteiger partial charge in [-0.05, 0) is 31.5 Å². The molecule has 6 heteroatoms. The van der Waals surface area contributed by atoms with E-state index in [1.807, 2.05) is 13.8 Å². The molecule has 1 rings (SSSR count). The quantitative estimate of drug-likeness (QED) is 0.772. The highest BCUT2D eigenvalue weighted by molar-refractivity contribution is 5.91. The van der Waals surface area contributed by atoms with E-state index in [0.717, 1.165) is 12.5 Å². The average Bonchev–Trinajstić information content (AvgIpc) is 2.31. The lowest BCUT2D eigenvalue weighted by Crippen LogP contribution is -2.35. The lowest BCUT2D eigenvalue weighted by Gasteiger charge is -2.13. The van der Waals surface area contributed by atoms with Gasteiger partial charge in [0.1, 0.15) is 5.82 Å². The van der Waals surface area contributed by atoms with Gasteiger partial charge in [0.05, 0.1) is 11.3 Å². The molecule has 0 aliphatic carbocycles. The lowest BCUT2D eigenvalue weighted by atomic mass is 10.2. The summed E-state index contributed by atoms with van der Waals surface area (Å²) in [5.41, 5.74) is -0.221. The fraction of sp³-hybridized carbons (Fsp3) is 0.333. The Labute approximate surface area is 104 Å². The number of carbonyl (C=O) groups is 2. The summed E-state index contributed by atoms with van der Waals surface area (Å²) < 4.78 is 13.5. The molecule has 0 radical (unpaired) electrons. The molecule has 1 atom stereocenters. The predicted octanol–water partition coefficient (Wildman–Crippen LogP) is 2.44. The van der Waals surface area contributed by atoms with Crippen LogP contribution < -0.4 is 10.6 Å². The maximum Gasteiger partial charge on any atom is 0.335 e. The topological polar surface area (TPSA) is 78.4 Å². The molecule has 0 aliphatic heterocycles. The number of carbonyl (C=O) groups excluding carboxylic acids is 1. The molecule has 0 bridgehead atoms. The summed E-state index contributed by atoms with van der Waals surface area (Å²) >= 11 is 0. The van der Waals surface area contributed by atoms with Crippen molar-refractivity contribution < 1.29 is 19.1 Å². The Kier molecular flexibility index (Phi) is 4.65. The molecule has 18 heavy (non-hydrogen) atoms. The first kappa shape index (κ1) is 14.0. The van der Waals surface area contributed by atoms with Crippen LogP contribution in [0.15, 0.2) is 18.2 Å². The second-order valence-corrected chi connectivity index (χ2v) is 3.91. The van der Waals surface area contributed by atoms with Crippen LogP contribution in [0.2, 0.25) is 0 Å². The first-order chi connectivity index (χ1) is 8.43. The summed E-state index contributed by atoms with van der Waals surface area (Å²) in [6, 6.07) is 2.76. The van der Waals surface area contributed by atoms with Gasteiger partial charge in [0.25, 0.3) is 0 Å². The second-order valence-electron chi connectivity index (χ2n) is 3.91. The molecule has 0 heterocycles. The number of carboxylic acid groups (broad SMARTS) is 1. The normalized spacial score (nSPS) is 11.7. The monoisotopic (exact) mass is 254 g/mol. The molecule has 5 nitrogen and oxygen atoms in total. The standard InChI is InChI=1S/C12H15FN2O3/c1-3-7(2)14-12(18)15-10-5-4-8(11(16)17)6-9(10)13/h4-7H,3H2,1-2H3,(H,16,17)(H2,14,15,18). The first-order valence-corrected chi connectivity index (χ1v) is 5.54. The van der Waals surface area contributed by atoms with Crippen molar-refractivity contribution in [3.63, 3.8) is 0 Å². The number of hydrogen-bond donors (Lipinski definition) is 3. The van der Waals surface area contributed by atoms with E-state index in [4.69, 9.17) is 5.11 Å². The third-order valence-electron chi connectivity index (χ3n) is 2.45. The Morgan fingerprint density at radius 3 is 2.61 bits per heavy atom. The number of rotatable bonds is 4. The second kappa shape index (κ2) is 6.00. The fourth-order valence-electron chi connectivity index (χ4n) is 1.23. The SMILES string of the molecule is CCC(C)NC(=O)Nc1ccc(C(=O)O)cc1F. The van der Waals surface area contributed by atoms with E-state index in [0.29, 0.717) is 0 Å². The van der Waals surface area contributed by atoms with Crippen molar-refractivity contribution in [2.75, 3.05) is 5.32 Å². The Morgan fingerprint density at radius 1 is 1.44 bits per heavy atom. The number of benzene rings is 1. The molecule has 0 saturated carbocycles. The summed E-state index contributed by atoms with van der Waals surface area (Å²) in [7, 11) is 0. The summed E-state index contributed by atoms with van der Waals surface area (Å²) in [6.45, 7) is 3.73. The molecule has 0 aromatic heterocycles. The third-order valence-corrected chi connectivity index (χ3v) is 2.45. The molecule has 0 fully saturated rings. The molecular formula is C12H15FN2O3. The fourth-order valence-corrected chi connectivity index (χ4v) is 1.23. The van der Waals surface area contributed by atoms with Gasteiger partial charge >= 0.3 is 12.0 Å². The van der Waals surface area contributed by atoms with Crippen molar-refractivity contribution in [1.82, 2.24) is 5.32 Å². The molecule has 3 N–H and O–H groups in total. The summed E-state index contributed by atoms with van der Waals surface area (Å²) in [5, 5.41) is 13.6. The number of amides is 2. The van der Waals surface area contributed by atoms with Gasteiger partial charge in [-0.25, -0.2) is 14.0 Å². The molecule has 98 valence electrons. The zero-order valence-electron chi connectivity index (χ0n) is 10.2. The van der Waals surface area contributed by atoms with E-state index < -0.39 is 17.8 Å². The van der Waals surface area contributed by atoms with Crippen LogP contribution in [0.3, 0.4) is 0 Å². The van der Waals surface area contributed by atoms with Crippen molar-refractivity contribution in [3.8, 4) is 0 Å². The van der Waals surface area contributed by atoms with Crippen LogP contribution in [-0.2, 0) is 0 Å². The Hall–Kier alpha value is -2.11. The van der Waals surface area contributed by atoms with Crippen molar-refractivity contribution in [2.24, 2.45) is 0 Å². The minimum Gasteiger partial charge on any atom is -0.478 e. The minimum absolute atomic E-state index is 0.0219. The highest BCUT2D eigenvalue weighted by Crippen LogP contribution is 2.15. The number of anilines is 1. The van der Waals surface area contributed by atoms with Gasteiger partial charge in [-0.3, -0.25) is 0 Å². The van der Waals surface area contributed by atoms with Crippen LogP contribution in [0.25, 0.3) is 0 Å². The van der Waals surface area contributed by atoms with E-state index in [-0.39, 0.29) is 17.3 Å². The van der Waals surface area contributed by atoms with E-state index in [1.165, 1.54) is 12.1 Å². The van der Waals surface area contributed by atoms with Gasteiger partial charge in [-0.2, -0.15) is 0 Å². The average molecular weight is 254 g/mol. The van der Waals surface area contributed by atoms with Crippen LogP contribution in [0.1, 0.15) is 30.6 Å². The zero-order valence-corrected chi connectivity index (χ0v) is 10.2. The first-order valence-electron chi connectivity index (χ1n) is 5.54. The van der Waals surface area contributed by atoms with Crippen molar-refractivity contribution in [2.45, 2.75) is 26.3 Å². The highest BCUT2D eigenvalue weighted by Gasteiger charge is 2.11. The third kappa shape index (κ3) is 3.73. The smallest absolute Gasteiger partial charge is 0.335 e. The Bertz CT molecular complexity index is 463. The van der Waals surface area contributed by atoms with Crippen molar-refractivity contribution >= 4 is 17.7 Å². The van der Waals surface area contributed by atoms with Crippen molar-refractivity contribution in [3.05, 3.63) is 29.6 Å². The number of carboxylic acids is 1. The number of nitrogens with one attached hydrogen (secondary N) is 2. The van der Waals surface area contributed by atoms with E-state index in [2.05, 4.69) is 10.6 Å². The molecule has 0 spiro atoms. The largest absolute Gasteiger partial charge is 0.478 e. The summed E-state index contributed by atoms with van der Waals surface area (Å²) in [5.74, 6) is -2.00. The summed E-state index contributed by atoms with van der Waals surface area (Å²) in [4.78, 5) is 22.1. The van der Waals surface area contributed by atoms with Gasteiger partial charge in [0.2, 0.25) is 0 Å². The number of aromatic carboxylic acids is 1. The van der Waals surface area contributed by atoms with Crippen molar-refractivity contribution in [1.29, 1.82) is 0 Å². The molecule has 1 unspecified atom stereocenters. The van der Waals surface area contributed by atoms with Gasteiger partial charge in [-0.1, -0.05) is 6.92 Å². The van der Waals surface area contributed by atoms with Crippen LogP contribution in [0.5, 0.6) is 0 Å². The van der Waals surface area contributed by atoms with Gasteiger partial charge in [0, 0.05) is 6.04 Å². The number of hydrogen-bond acceptors (Lipinski definition) is 2. The maximum atomic E-state index is 13.5. The number of halogens is 1. The molecule has 1 aromatic rings. The zero-order chi connectivity index (χ0) is 13.7. The van der Waals surface area contributed by atoms with Crippen LogP contribution >= 0.6 is 0 Å². The van der Waals surface area contributed by atoms with Crippen LogP contribution in [0.4, 0.5) is 14.9 Å². The molecule has 1 aromatic carbocycles. The summed E-state index contributed by atoms with van der Waals surface area (Å²) in [6.07, 6.45) is 0.758. The van der Waals surface area contributed by atoms with E-state index in [1.54, 1.807) is 0 Å².